The van der Waals surface area contributed by atoms with Crippen LogP contribution in [0.5, 0.6) is 0 Å². The molecule has 2 rings (SSSR count). The Bertz CT molecular complexity index is 491. The first kappa shape index (κ1) is 15.6. The summed E-state index contributed by atoms with van der Waals surface area (Å²) >= 11 is 0. The average Bonchev–Trinajstić information content (AvgIpc) is 2.45. The first-order chi connectivity index (χ1) is 9.87. The van der Waals surface area contributed by atoms with E-state index in [1.165, 1.54) is 0 Å². The molecular formula is C15H24N4O2. The lowest BCUT2D eigenvalue weighted by molar-refractivity contribution is -0.141. The van der Waals surface area contributed by atoms with Crippen LogP contribution in [0.3, 0.4) is 0 Å². The monoisotopic (exact) mass is 292 g/mol. The molecule has 0 aliphatic carbocycles. The second-order valence-corrected chi connectivity index (χ2v) is 6.20. The Morgan fingerprint density at radius 3 is 2.57 bits per heavy atom. The Balaban J connectivity index is 1.86. The highest BCUT2D eigenvalue weighted by Crippen LogP contribution is 2.22. The second kappa shape index (κ2) is 6.30. The van der Waals surface area contributed by atoms with E-state index in [1.54, 1.807) is 12.4 Å². The number of rotatable bonds is 3. The van der Waals surface area contributed by atoms with Crippen LogP contribution in [-0.4, -0.2) is 54.2 Å². The molecule has 1 fully saturated rings. The molecule has 0 unspecified atom stereocenters. The molecule has 1 amide bonds. The topological polar surface area (TPSA) is 71.7 Å². The number of amides is 1. The standard InChI is InChI=1S/C15H24N4O2/c1-15(2,3)21-11-14(20)19-8-6-18(7-9-19)13-4-5-17-10-12(13)16/h4-5,10H,6-9,11,16H2,1-3H3. The lowest BCUT2D eigenvalue weighted by Crippen LogP contribution is -2.50. The van der Waals surface area contributed by atoms with Gasteiger partial charge in [-0.05, 0) is 26.8 Å². The van der Waals surface area contributed by atoms with Gasteiger partial charge in [-0.25, -0.2) is 0 Å². The molecule has 0 aromatic carbocycles. The molecule has 1 aromatic heterocycles. The van der Waals surface area contributed by atoms with Gasteiger partial charge in [-0.2, -0.15) is 0 Å². The lowest BCUT2D eigenvalue weighted by Gasteiger charge is -2.36. The molecule has 6 heteroatoms. The van der Waals surface area contributed by atoms with E-state index in [0.29, 0.717) is 18.8 Å². The van der Waals surface area contributed by atoms with Crippen LogP contribution in [0.4, 0.5) is 11.4 Å². The van der Waals surface area contributed by atoms with Crippen LogP contribution < -0.4 is 10.6 Å². The van der Waals surface area contributed by atoms with Crippen molar-refractivity contribution in [3.63, 3.8) is 0 Å². The summed E-state index contributed by atoms with van der Waals surface area (Å²) in [5, 5.41) is 0. The molecule has 2 heterocycles. The third kappa shape index (κ3) is 4.32. The molecule has 1 aliphatic rings. The van der Waals surface area contributed by atoms with E-state index < -0.39 is 0 Å². The number of carbonyl (C=O) groups is 1. The number of aromatic nitrogens is 1. The number of nitrogens with zero attached hydrogens (tertiary/aromatic N) is 3. The number of nitrogens with two attached hydrogens (primary N) is 1. The summed E-state index contributed by atoms with van der Waals surface area (Å²) in [5.74, 6) is 0.0484. The Hall–Kier alpha value is -1.82. The maximum absolute atomic E-state index is 12.1. The number of hydrogen-bond donors (Lipinski definition) is 1. The highest BCUT2D eigenvalue weighted by atomic mass is 16.5. The van der Waals surface area contributed by atoms with Crippen molar-refractivity contribution in [1.29, 1.82) is 0 Å². The van der Waals surface area contributed by atoms with Crippen molar-refractivity contribution in [2.24, 2.45) is 0 Å². The van der Waals surface area contributed by atoms with Crippen molar-refractivity contribution in [2.45, 2.75) is 26.4 Å². The first-order valence-corrected chi connectivity index (χ1v) is 7.23. The Kier molecular flexibility index (Phi) is 4.67. The predicted octanol–water partition coefficient (Wildman–Crippen LogP) is 1.13. The van der Waals surface area contributed by atoms with E-state index in [4.69, 9.17) is 10.5 Å². The predicted molar refractivity (Wildman–Crippen MR) is 83.1 cm³/mol. The van der Waals surface area contributed by atoms with Crippen molar-refractivity contribution in [1.82, 2.24) is 9.88 Å². The third-order valence-corrected chi connectivity index (χ3v) is 3.43. The van der Waals surface area contributed by atoms with Crippen LogP contribution in [0.1, 0.15) is 20.8 Å². The van der Waals surface area contributed by atoms with E-state index >= 15 is 0 Å². The highest BCUT2D eigenvalue weighted by Gasteiger charge is 2.23. The van der Waals surface area contributed by atoms with Gasteiger partial charge in [0, 0.05) is 32.4 Å². The van der Waals surface area contributed by atoms with Crippen LogP contribution in [0.25, 0.3) is 0 Å². The van der Waals surface area contributed by atoms with Crippen molar-refractivity contribution < 1.29 is 9.53 Å². The van der Waals surface area contributed by atoms with Gasteiger partial charge in [-0.15, -0.1) is 0 Å². The molecule has 0 spiro atoms. The maximum atomic E-state index is 12.1. The minimum Gasteiger partial charge on any atom is -0.396 e. The average molecular weight is 292 g/mol. The van der Waals surface area contributed by atoms with Gasteiger partial charge in [0.1, 0.15) is 6.61 Å². The Morgan fingerprint density at radius 2 is 2.00 bits per heavy atom. The fraction of sp³-hybridized carbons (Fsp3) is 0.600. The van der Waals surface area contributed by atoms with Gasteiger partial charge in [0.25, 0.3) is 0 Å². The highest BCUT2D eigenvalue weighted by molar-refractivity contribution is 5.78. The van der Waals surface area contributed by atoms with Gasteiger partial charge >= 0.3 is 0 Å². The van der Waals surface area contributed by atoms with Crippen molar-refractivity contribution in [3.05, 3.63) is 18.5 Å². The zero-order chi connectivity index (χ0) is 15.5. The third-order valence-electron chi connectivity index (χ3n) is 3.43. The SMILES string of the molecule is CC(C)(C)OCC(=O)N1CCN(c2ccncc2N)CC1. The lowest BCUT2D eigenvalue weighted by atomic mass is 10.2. The molecule has 1 saturated heterocycles. The van der Waals surface area contributed by atoms with Crippen LogP contribution >= 0.6 is 0 Å². The summed E-state index contributed by atoms with van der Waals surface area (Å²) in [6.07, 6.45) is 3.39. The zero-order valence-electron chi connectivity index (χ0n) is 13.0. The molecule has 0 bridgehead atoms. The number of piperazine rings is 1. The van der Waals surface area contributed by atoms with E-state index in [2.05, 4.69) is 9.88 Å². The zero-order valence-corrected chi connectivity index (χ0v) is 13.0. The molecule has 21 heavy (non-hydrogen) atoms. The minimum absolute atomic E-state index is 0.0484. The van der Waals surface area contributed by atoms with Crippen molar-refractivity contribution in [3.8, 4) is 0 Å². The smallest absolute Gasteiger partial charge is 0.248 e. The Labute approximate surface area is 125 Å². The molecule has 0 radical (unpaired) electrons. The summed E-state index contributed by atoms with van der Waals surface area (Å²) in [7, 11) is 0. The molecule has 0 atom stereocenters. The van der Waals surface area contributed by atoms with Gasteiger partial charge in [0.2, 0.25) is 5.91 Å². The maximum Gasteiger partial charge on any atom is 0.248 e. The summed E-state index contributed by atoms with van der Waals surface area (Å²) in [6.45, 7) is 8.91. The summed E-state index contributed by atoms with van der Waals surface area (Å²) < 4.78 is 5.54. The van der Waals surface area contributed by atoms with Gasteiger partial charge in [-0.1, -0.05) is 0 Å². The largest absolute Gasteiger partial charge is 0.396 e. The summed E-state index contributed by atoms with van der Waals surface area (Å²) in [6, 6.07) is 1.91. The van der Waals surface area contributed by atoms with Crippen molar-refractivity contribution in [2.75, 3.05) is 43.4 Å². The quantitative estimate of drug-likeness (QED) is 0.904. The molecule has 116 valence electrons. The van der Waals surface area contributed by atoms with Crippen LogP contribution in [-0.2, 0) is 9.53 Å². The number of nitrogen functional groups attached to an aromatic ring is 1. The number of anilines is 2. The minimum atomic E-state index is -0.289. The van der Waals surface area contributed by atoms with Crippen LogP contribution in [0.15, 0.2) is 18.5 Å². The molecular weight excluding hydrogens is 268 g/mol. The van der Waals surface area contributed by atoms with Gasteiger partial charge in [0.05, 0.1) is 23.2 Å². The van der Waals surface area contributed by atoms with Crippen LogP contribution in [0, 0.1) is 0 Å². The number of hydrogen-bond acceptors (Lipinski definition) is 5. The number of carbonyl (C=O) groups excluding carboxylic acids is 1. The number of pyridine rings is 1. The van der Waals surface area contributed by atoms with Crippen molar-refractivity contribution >= 4 is 17.3 Å². The fourth-order valence-electron chi connectivity index (χ4n) is 2.25. The first-order valence-electron chi connectivity index (χ1n) is 7.23. The second-order valence-electron chi connectivity index (χ2n) is 6.20. The normalized spacial score (nSPS) is 16.1. The summed E-state index contributed by atoms with van der Waals surface area (Å²) in [5.41, 5.74) is 7.31. The van der Waals surface area contributed by atoms with E-state index in [-0.39, 0.29) is 18.1 Å². The Morgan fingerprint density at radius 1 is 1.33 bits per heavy atom. The molecule has 2 N–H and O–H groups in total. The molecule has 1 aromatic rings. The summed E-state index contributed by atoms with van der Waals surface area (Å²) in [4.78, 5) is 20.1. The van der Waals surface area contributed by atoms with Gasteiger partial charge < -0.3 is 20.3 Å². The molecule has 0 saturated carbocycles. The van der Waals surface area contributed by atoms with Crippen LogP contribution in [0.2, 0.25) is 0 Å². The fourth-order valence-corrected chi connectivity index (χ4v) is 2.25. The van der Waals surface area contributed by atoms with E-state index in [1.807, 2.05) is 31.7 Å². The van der Waals surface area contributed by atoms with Gasteiger partial charge in [-0.3, -0.25) is 9.78 Å². The van der Waals surface area contributed by atoms with Gasteiger partial charge in [0.15, 0.2) is 0 Å². The van der Waals surface area contributed by atoms with E-state index in [0.717, 1.165) is 18.8 Å². The van der Waals surface area contributed by atoms with E-state index in [9.17, 15) is 4.79 Å². The number of ether oxygens (including phenoxy) is 1. The molecule has 1 aliphatic heterocycles. The molecule has 6 nitrogen and oxygen atoms in total.